The Hall–Kier alpha value is -1.14. The molecule has 1 heterocycles. The number of alkyl halides is 1. The second kappa shape index (κ2) is 5.46. The van der Waals surface area contributed by atoms with Crippen molar-refractivity contribution in [2.75, 3.05) is 6.61 Å². The first kappa shape index (κ1) is 12.3. The monoisotopic (exact) mass is 271 g/mol. The molecule has 1 unspecified atom stereocenters. The molecular formula is C11H10FNO2S2. The zero-order chi connectivity index (χ0) is 12.3. The van der Waals surface area contributed by atoms with Crippen molar-refractivity contribution in [2.45, 2.75) is 16.8 Å². The van der Waals surface area contributed by atoms with Gasteiger partial charge in [-0.05, 0) is 12.1 Å². The van der Waals surface area contributed by atoms with Gasteiger partial charge in [0.25, 0.3) is 0 Å². The molecule has 0 aliphatic carbocycles. The van der Waals surface area contributed by atoms with Crippen LogP contribution in [0.2, 0.25) is 0 Å². The molecule has 0 bridgehead atoms. The fourth-order valence-electron chi connectivity index (χ4n) is 1.23. The van der Waals surface area contributed by atoms with Crippen LogP contribution in [-0.4, -0.2) is 23.1 Å². The Kier molecular flexibility index (Phi) is 3.96. The molecule has 90 valence electrons. The fourth-order valence-corrected chi connectivity index (χ4v) is 3.21. The topological polar surface area (TPSA) is 39.2 Å². The number of esters is 1. The molecule has 0 aliphatic heterocycles. The van der Waals surface area contributed by atoms with E-state index in [1.54, 1.807) is 0 Å². The first-order chi connectivity index (χ1) is 8.15. The average molecular weight is 271 g/mol. The van der Waals surface area contributed by atoms with E-state index in [-0.39, 0.29) is 6.61 Å². The summed E-state index contributed by atoms with van der Waals surface area (Å²) in [4.78, 5) is 14.8. The van der Waals surface area contributed by atoms with Crippen LogP contribution in [0.3, 0.4) is 0 Å². The minimum absolute atomic E-state index is 0.240. The number of carbonyl (C=O) groups excluding carboxylic acids is 1. The highest BCUT2D eigenvalue weighted by Gasteiger charge is 2.13. The molecule has 6 heteroatoms. The number of fused-ring (bicyclic) bond motifs is 1. The van der Waals surface area contributed by atoms with Crippen molar-refractivity contribution >= 4 is 39.3 Å². The first-order valence-electron chi connectivity index (χ1n) is 4.95. The van der Waals surface area contributed by atoms with Gasteiger partial charge in [-0.2, -0.15) is 0 Å². The van der Waals surface area contributed by atoms with E-state index in [2.05, 4.69) is 9.72 Å². The van der Waals surface area contributed by atoms with Crippen LogP contribution in [-0.2, 0) is 9.53 Å². The van der Waals surface area contributed by atoms with E-state index in [9.17, 15) is 9.18 Å². The second-order valence-corrected chi connectivity index (χ2v) is 5.70. The SMILES string of the molecule is CC(=O)OCC(F)Sc1nc2ccccc2s1. The van der Waals surface area contributed by atoms with Crippen molar-refractivity contribution in [1.82, 2.24) is 4.98 Å². The van der Waals surface area contributed by atoms with Gasteiger partial charge in [0, 0.05) is 6.92 Å². The maximum absolute atomic E-state index is 13.4. The summed E-state index contributed by atoms with van der Waals surface area (Å²) in [6.45, 7) is 1.02. The van der Waals surface area contributed by atoms with Crippen LogP contribution in [0.15, 0.2) is 28.6 Å². The minimum Gasteiger partial charge on any atom is -0.462 e. The third kappa shape index (κ3) is 3.41. The van der Waals surface area contributed by atoms with Crippen molar-refractivity contribution in [3.05, 3.63) is 24.3 Å². The standard InChI is InChI=1S/C11H10FNO2S2/c1-7(14)15-6-10(12)17-11-13-8-4-2-3-5-9(8)16-11/h2-5,10H,6H2,1H3. The molecule has 1 aromatic carbocycles. The van der Waals surface area contributed by atoms with Gasteiger partial charge in [0.1, 0.15) is 6.61 Å². The molecule has 3 nitrogen and oxygen atoms in total. The lowest BCUT2D eigenvalue weighted by Crippen LogP contribution is -2.09. The van der Waals surface area contributed by atoms with Crippen LogP contribution in [0.1, 0.15) is 6.92 Å². The Morgan fingerprint density at radius 2 is 2.35 bits per heavy atom. The Morgan fingerprint density at radius 1 is 1.59 bits per heavy atom. The van der Waals surface area contributed by atoms with Gasteiger partial charge in [-0.25, -0.2) is 9.37 Å². The normalized spacial score (nSPS) is 12.6. The molecule has 17 heavy (non-hydrogen) atoms. The lowest BCUT2D eigenvalue weighted by atomic mass is 10.3. The Bertz CT molecular complexity index is 496. The number of para-hydroxylation sites is 1. The number of thiazole rings is 1. The summed E-state index contributed by atoms with van der Waals surface area (Å²) >= 11 is 2.41. The number of carbonyl (C=O) groups is 1. The smallest absolute Gasteiger partial charge is 0.302 e. The van der Waals surface area contributed by atoms with Gasteiger partial charge in [-0.1, -0.05) is 23.9 Å². The van der Waals surface area contributed by atoms with Crippen LogP contribution in [0.25, 0.3) is 10.2 Å². The van der Waals surface area contributed by atoms with E-state index < -0.39 is 11.5 Å². The predicted octanol–water partition coefficient (Wildman–Crippen LogP) is 3.25. The van der Waals surface area contributed by atoms with Crippen molar-refractivity contribution in [3.8, 4) is 0 Å². The fraction of sp³-hybridized carbons (Fsp3) is 0.273. The predicted molar refractivity (Wildman–Crippen MR) is 67.0 cm³/mol. The van der Waals surface area contributed by atoms with Crippen LogP contribution < -0.4 is 0 Å². The molecule has 0 aliphatic rings. The molecule has 1 atom stereocenters. The quantitative estimate of drug-likeness (QED) is 0.632. The van der Waals surface area contributed by atoms with Crippen molar-refractivity contribution in [2.24, 2.45) is 0 Å². The number of halogens is 1. The largest absolute Gasteiger partial charge is 0.462 e. The van der Waals surface area contributed by atoms with E-state index in [1.807, 2.05) is 24.3 Å². The number of aromatic nitrogens is 1. The molecule has 0 saturated carbocycles. The molecule has 0 radical (unpaired) electrons. The summed E-state index contributed by atoms with van der Waals surface area (Å²) in [6, 6.07) is 7.63. The summed E-state index contributed by atoms with van der Waals surface area (Å²) in [6.07, 6.45) is 0. The molecular weight excluding hydrogens is 261 g/mol. The molecule has 0 N–H and O–H groups in total. The summed E-state index contributed by atoms with van der Waals surface area (Å²) in [5.41, 5.74) is -0.417. The highest BCUT2D eigenvalue weighted by Crippen LogP contribution is 2.32. The summed E-state index contributed by atoms with van der Waals surface area (Å²) in [5, 5.41) is 0. The molecule has 0 amide bonds. The van der Waals surface area contributed by atoms with Crippen LogP contribution in [0.4, 0.5) is 4.39 Å². The van der Waals surface area contributed by atoms with Gasteiger partial charge >= 0.3 is 5.97 Å². The molecule has 0 spiro atoms. The lowest BCUT2D eigenvalue weighted by molar-refractivity contribution is -0.141. The lowest BCUT2D eigenvalue weighted by Gasteiger charge is -2.04. The Labute approximate surface area is 106 Å². The zero-order valence-corrected chi connectivity index (χ0v) is 10.7. The highest BCUT2D eigenvalue weighted by molar-refractivity contribution is 8.01. The van der Waals surface area contributed by atoms with Crippen molar-refractivity contribution < 1.29 is 13.9 Å². The van der Waals surface area contributed by atoms with E-state index in [0.717, 1.165) is 22.0 Å². The van der Waals surface area contributed by atoms with Crippen LogP contribution >= 0.6 is 23.1 Å². The van der Waals surface area contributed by atoms with Crippen LogP contribution in [0, 0.1) is 0 Å². The number of benzene rings is 1. The first-order valence-corrected chi connectivity index (χ1v) is 6.64. The summed E-state index contributed by atoms with van der Waals surface area (Å²) in [7, 11) is 0. The van der Waals surface area contributed by atoms with E-state index in [0.29, 0.717) is 4.34 Å². The van der Waals surface area contributed by atoms with E-state index >= 15 is 0 Å². The van der Waals surface area contributed by atoms with Gasteiger partial charge in [0.15, 0.2) is 9.84 Å². The number of thioether (sulfide) groups is 1. The third-order valence-electron chi connectivity index (χ3n) is 1.92. The Balaban J connectivity index is 2.00. The Morgan fingerprint density at radius 3 is 3.06 bits per heavy atom. The minimum atomic E-state index is -1.28. The molecule has 2 rings (SSSR count). The molecule has 2 aromatic rings. The number of rotatable bonds is 4. The molecule has 0 saturated heterocycles. The van der Waals surface area contributed by atoms with Crippen molar-refractivity contribution in [1.29, 1.82) is 0 Å². The van der Waals surface area contributed by atoms with Crippen LogP contribution in [0.5, 0.6) is 0 Å². The van der Waals surface area contributed by atoms with Gasteiger partial charge in [-0.15, -0.1) is 11.3 Å². The van der Waals surface area contributed by atoms with Gasteiger partial charge in [0.05, 0.1) is 10.2 Å². The number of nitrogens with zero attached hydrogens (tertiary/aromatic N) is 1. The zero-order valence-electron chi connectivity index (χ0n) is 9.05. The van der Waals surface area contributed by atoms with Gasteiger partial charge < -0.3 is 4.74 Å². The molecule has 0 fully saturated rings. The molecule has 1 aromatic heterocycles. The van der Waals surface area contributed by atoms with Crippen molar-refractivity contribution in [3.63, 3.8) is 0 Å². The average Bonchev–Trinajstić information content (AvgIpc) is 2.68. The maximum atomic E-state index is 13.4. The maximum Gasteiger partial charge on any atom is 0.302 e. The highest BCUT2D eigenvalue weighted by atomic mass is 32.2. The second-order valence-electron chi connectivity index (χ2n) is 3.28. The number of ether oxygens (including phenoxy) is 1. The summed E-state index contributed by atoms with van der Waals surface area (Å²) < 4.78 is 19.7. The summed E-state index contributed by atoms with van der Waals surface area (Å²) in [5.74, 6) is -0.474. The third-order valence-corrected chi connectivity index (χ3v) is 3.98. The van der Waals surface area contributed by atoms with Gasteiger partial charge in [-0.3, -0.25) is 4.79 Å². The number of hydrogen-bond donors (Lipinski definition) is 0. The van der Waals surface area contributed by atoms with E-state index in [4.69, 9.17) is 0 Å². The number of hydrogen-bond acceptors (Lipinski definition) is 5. The van der Waals surface area contributed by atoms with E-state index in [1.165, 1.54) is 18.3 Å². The van der Waals surface area contributed by atoms with Gasteiger partial charge in [0.2, 0.25) is 0 Å².